The van der Waals surface area contributed by atoms with Gasteiger partial charge in [-0.1, -0.05) is 19.1 Å². The number of aliphatic carboxylic acids is 1. The van der Waals surface area contributed by atoms with E-state index in [2.05, 4.69) is 5.32 Å². The third-order valence-corrected chi connectivity index (χ3v) is 2.92. The molecule has 0 fully saturated rings. The summed E-state index contributed by atoms with van der Waals surface area (Å²) >= 11 is 0. The Morgan fingerprint density at radius 2 is 1.89 bits per heavy atom. The molecule has 0 spiro atoms. The third kappa shape index (κ3) is 3.79. The lowest BCUT2D eigenvalue weighted by atomic mass is 10.0. The van der Waals surface area contributed by atoms with E-state index in [9.17, 15) is 9.59 Å². The van der Waals surface area contributed by atoms with Gasteiger partial charge in [-0.05, 0) is 31.0 Å². The van der Waals surface area contributed by atoms with Crippen molar-refractivity contribution in [3.05, 3.63) is 35.4 Å². The van der Waals surface area contributed by atoms with E-state index in [1.54, 1.807) is 12.1 Å². The van der Waals surface area contributed by atoms with Crippen LogP contribution in [-0.4, -0.2) is 36.2 Å². The number of amides is 1. The zero-order valence-corrected chi connectivity index (χ0v) is 11.4. The first-order valence-electron chi connectivity index (χ1n) is 6.06. The second-order valence-electron chi connectivity index (χ2n) is 4.57. The van der Waals surface area contributed by atoms with Crippen LogP contribution in [0.3, 0.4) is 0 Å². The molecule has 1 aromatic carbocycles. The zero-order chi connectivity index (χ0) is 14.5. The Hall–Kier alpha value is -1.88. The SMILES string of the molecule is CCc1ccc(C(=O)NC(C)(COC)C(=O)O)cc1. The van der Waals surface area contributed by atoms with E-state index in [0.717, 1.165) is 12.0 Å². The summed E-state index contributed by atoms with van der Waals surface area (Å²) < 4.78 is 4.85. The number of carboxylic acid groups (broad SMARTS) is 1. The molecule has 5 nitrogen and oxygen atoms in total. The van der Waals surface area contributed by atoms with Crippen molar-refractivity contribution >= 4 is 11.9 Å². The second kappa shape index (κ2) is 6.33. The molecule has 0 aromatic heterocycles. The van der Waals surface area contributed by atoms with Crippen molar-refractivity contribution < 1.29 is 19.4 Å². The predicted molar refractivity (Wildman–Crippen MR) is 71.2 cm³/mol. The number of nitrogens with one attached hydrogen (secondary N) is 1. The number of hydrogen-bond donors (Lipinski definition) is 2. The lowest BCUT2D eigenvalue weighted by molar-refractivity contribution is -0.145. The van der Waals surface area contributed by atoms with Crippen molar-refractivity contribution in [1.29, 1.82) is 0 Å². The van der Waals surface area contributed by atoms with E-state index < -0.39 is 17.4 Å². The van der Waals surface area contributed by atoms with E-state index in [1.807, 2.05) is 19.1 Å². The van der Waals surface area contributed by atoms with Crippen LogP contribution >= 0.6 is 0 Å². The Bertz CT molecular complexity index is 455. The number of carboxylic acids is 1. The minimum atomic E-state index is -1.44. The summed E-state index contributed by atoms with van der Waals surface area (Å²) in [5.41, 5.74) is 0.116. The molecule has 0 aliphatic carbocycles. The molecule has 0 aliphatic rings. The summed E-state index contributed by atoms with van der Waals surface area (Å²) in [6, 6.07) is 7.07. The molecule has 0 bridgehead atoms. The monoisotopic (exact) mass is 265 g/mol. The maximum atomic E-state index is 12.0. The number of aryl methyl sites for hydroxylation is 1. The molecular formula is C14H19NO4. The Balaban J connectivity index is 2.84. The quantitative estimate of drug-likeness (QED) is 0.816. The molecule has 0 radical (unpaired) electrons. The Labute approximate surface area is 112 Å². The van der Waals surface area contributed by atoms with Crippen LogP contribution in [0.15, 0.2) is 24.3 Å². The summed E-state index contributed by atoms with van der Waals surface area (Å²) in [6.07, 6.45) is 0.887. The smallest absolute Gasteiger partial charge is 0.331 e. The van der Waals surface area contributed by atoms with Crippen LogP contribution in [0.5, 0.6) is 0 Å². The molecule has 0 saturated carbocycles. The molecule has 1 atom stereocenters. The molecule has 2 N–H and O–H groups in total. The van der Waals surface area contributed by atoms with E-state index in [4.69, 9.17) is 9.84 Å². The van der Waals surface area contributed by atoms with Crippen molar-refractivity contribution in [3.63, 3.8) is 0 Å². The van der Waals surface area contributed by atoms with Crippen molar-refractivity contribution in [2.75, 3.05) is 13.7 Å². The Morgan fingerprint density at radius 1 is 1.32 bits per heavy atom. The summed E-state index contributed by atoms with van der Waals surface area (Å²) in [4.78, 5) is 23.2. The van der Waals surface area contributed by atoms with Crippen LogP contribution in [0.2, 0.25) is 0 Å². The first-order valence-corrected chi connectivity index (χ1v) is 6.06. The van der Waals surface area contributed by atoms with Crippen LogP contribution in [0, 0.1) is 0 Å². The average Bonchev–Trinajstić information content (AvgIpc) is 2.38. The van der Waals surface area contributed by atoms with Gasteiger partial charge in [-0.25, -0.2) is 4.79 Å². The standard InChI is InChI=1S/C14H19NO4/c1-4-10-5-7-11(8-6-10)12(16)15-14(2,9-19-3)13(17)18/h5-8H,4,9H2,1-3H3,(H,15,16)(H,17,18). The van der Waals surface area contributed by atoms with Crippen molar-refractivity contribution in [3.8, 4) is 0 Å². The number of carbonyl (C=O) groups is 2. The molecule has 19 heavy (non-hydrogen) atoms. The number of hydrogen-bond acceptors (Lipinski definition) is 3. The van der Waals surface area contributed by atoms with Gasteiger partial charge in [-0.2, -0.15) is 0 Å². The molecule has 5 heteroatoms. The van der Waals surface area contributed by atoms with E-state index in [0.29, 0.717) is 5.56 Å². The molecular weight excluding hydrogens is 246 g/mol. The number of carbonyl (C=O) groups excluding carboxylic acids is 1. The van der Waals surface area contributed by atoms with E-state index in [1.165, 1.54) is 14.0 Å². The van der Waals surface area contributed by atoms with Gasteiger partial charge in [-0.3, -0.25) is 4.79 Å². The lowest BCUT2D eigenvalue weighted by Crippen LogP contribution is -2.55. The maximum Gasteiger partial charge on any atom is 0.331 e. The highest BCUT2D eigenvalue weighted by Crippen LogP contribution is 2.09. The van der Waals surface area contributed by atoms with Crippen LogP contribution in [0.4, 0.5) is 0 Å². The highest BCUT2D eigenvalue weighted by atomic mass is 16.5. The first kappa shape index (κ1) is 15.2. The summed E-state index contributed by atoms with van der Waals surface area (Å²) in [7, 11) is 1.39. The zero-order valence-electron chi connectivity index (χ0n) is 11.4. The molecule has 1 aromatic rings. The first-order chi connectivity index (χ1) is 8.92. The van der Waals surface area contributed by atoms with Gasteiger partial charge in [0.05, 0.1) is 6.61 Å². The van der Waals surface area contributed by atoms with E-state index in [-0.39, 0.29) is 6.61 Å². The van der Waals surface area contributed by atoms with Crippen LogP contribution < -0.4 is 5.32 Å². The highest BCUT2D eigenvalue weighted by Gasteiger charge is 2.35. The van der Waals surface area contributed by atoms with Crippen molar-refractivity contribution in [2.45, 2.75) is 25.8 Å². The van der Waals surface area contributed by atoms with Gasteiger partial charge >= 0.3 is 5.97 Å². The average molecular weight is 265 g/mol. The van der Waals surface area contributed by atoms with Gasteiger partial charge in [0.25, 0.3) is 5.91 Å². The number of rotatable bonds is 6. The van der Waals surface area contributed by atoms with Crippen LogP contribution in [-0.2, 0) is 16.0 Å². The van der Waals surface area contributed by atoms with E-state index >= 15 is 0 Å². The topological polar surface area (TPSA) is 75.6 Å². The minimum absolute atomic E-state index is 0.0961. The normalized spacial score (nSPS) is 13.6. The second-order valence-corrected chi connectivity index (χ2v) is 4.57. The summed E-state index contributed by atoms with van der Waals surface area (Å²) in [6.45, 7) is 3.34. The molecule has 0 saturated heterocycles. The van der Waals surface area contributed by atoms with Gasteiger partial charge in [0, 0.05) is 12.7 Å². The fourth-order valence-electron chi connectivity index (χ4n) is 1.65. The minimum Gasteiger partial charge on any atom is -0.479 e. The van der Waals surface area contributed by atoms with Crippen molar-refractivity contribution in [1.82, 2.24) is 5.32 Å². The molecule has 1 unspecified atom stereocenters. The largest absolute Gasteiger partial charge is 0.479 e. The van der Waals surface area contributed by atoms with Crippen LogP contribution in [0.25, 0.3) is 0 Å². The molecule has 0 heterocycles. The molecule has 1 rings (SSSR count). The molecule has 104 valence electrons. The number of methoxy groups -OCH3 is 1. The van der Waals surface area contributed by atoms with Crippen molar-refractivity contribution in [2.24, 2.45) is 0 Å². The number of benzene rings is 1. The summed E-state index contributed by atoms with van der Waals surface area (Å²) in [5, 5.41) is 11.6. The summed E-state index contributed by atoms with van der Waals surface area (Å²) in [5.74, 6) is -1.56. The Kier molecular flexibility index (Phi) is 5.06. The van der Waals surface area contributed by atoms with Crippen LogP contribution in [0.1, 0.15) is 29.8 Å². The van der Waals surface area contributed by atoms with Gasteiger partial charge in [0.15, 0.2) is 5.54 Å². The predicted octanol–water partition coefficient (Wildman–Crippen LogP) is 1.47. The van der Waals surface area contributed by atoms with Gasteiger partial charge in [-0.15, -0.1) is 0 Å². The third-order valence-electron chi connectivity index (χ3n) is 2.92. The fraction of sp³-hybridized carbons (Fsp3) is 0.429. The van der Waals surface area contributed by atoms with Gasteiger partial charge in [0.1, 0.15) is 0 Å². The maximum absolute atomic E-state index is 12.0. The fourth-order valence-corrected chi connectivity index (χ4v) is 1.65. The van der Waals surface area contributed by atoms with Gasteiger partial charge < -0.3 is 15.2 Å². The lowest BCUT2D eigenvalue weighted by Gasteiger charge is -2.25. The highest BCUT2D eigenvalue weighted by molar-refractivity contribution is 5.97. The number of ether oxygens (including phenoxy) is 1. The molecule has 0 aliphatic heterocycles. The Morgan fingerprint density at radius 3 is 2.32 bits per heavy atom. The molecule has 1 amide bonds. The van der Waals surface area contributed by atoms with Gasteiger partial charge in [0.2, 0.25) is 0 Å².